The van der Waals surface area contributed by atoms with Crippen LogP contribution < -0.4 is 10.9 Å². The average molecular weight is 551 g/mol. The maximum absolute atomic E-state index is 13.3. The first-order valence-corrected chi connectivity index (χ1v) is 14.9. The van der Waals surface area contributed by atoms with Crippen LogP contribution in [0.1, 0.15) is 63.0 Å². The fourth-order valence-corrected chi connectivity index (χ4v) is 8.34. The summed E-state index contributed by atoms with van der Waals surface area (Å²) in [7, 11) is -3.68. The van der Waals surface area contributed by atoms with Crippen LogP contribution in [0.2, 0.25) is 0 Å². The molecule has 2 aliphatic carbocycles. The Morgan fingerprint density at radius 1 is 1.13 bits per heavy atom. The van der Waals surface area contributed by atoms with Crippen LogP contribution in [0.4, 0.5) is 11.5 Å². The Hall–Kier alpha value is -3.69. The molecule has 12 heteroatoms. The lowest BCUT2D eigenvalue weighted by Crippen LogP contribution is -2.39. The monoisotopic (exact) mass is 550 g/mol. The molecule has 3 aliphatic rings. The number of hydrogen-bond acceptors (Lipinski definition) is 7. The topological polar surface area (TPSA) is 161 Å². The molecule has 2 fully saturated rings. The Labute approximate surface area is 225 Å². The van der Waals surface area contributed by atoms with Gasteiger partial charge in [0.05, 0.1) is 34.4 Å². The molecule has 2 atom stereocenters. The van der Waals surface area contributed by atoms with Crippen molar-refractivity contribution in [3.63, 3.8) is 0 Å². The second-order valence-corrected chi connectivity index (χ2v) is 12.6. The minimum atomic E-state index is -3.68. The van der Waals surface area contributed by atoms with Gasteiger partial charge < -0.3 is 15.4 Å². The van der Waals surface area contributed by atoms with Gasteiger partial charge in [-0.2, -0.15) is 14.7 Å². The highest BCUT2D eigenvalue weighted by Crippen LogP contribution is 2.40. The number of carboxylic acid groups (broad SMARTS) is 1. The molecule has 0 bridgehead atoms. The van der Waals surface area contributed by atoms with Crippen LogP contribution in [0.5, 0.6) is 0 Å². The van der Waals surface area contributed by atoms with Gasteiger partial charge in [-0.1, -0.05) is 12.8 Å². The van der Waals surface area contributed by atoms with Crippen molar-refractivity contribution in [3.8, 4) is 6.07 Å². The number of aromatic amines is 1. The number of hydrogen-bond donors (Lipinski definition) is 3. The number of rotatable bonds is 5. The number of H-pyrrole nitrogens is 1. The van der Waals surface area contributed by atoms with Crippen LogP contribution in [-0.2, 0) is 21.4 Å². The summed E-state index contributed by atoms with van der Waals surface area (Å²) in [5.41, 5.74) is 1.61. The quantitative estimate of drug-likeness (QED) is 0.431. The van der Waals surface area contributed by atoms with Gasteiger partial charge in [-0.3, -0.25) is 14.3 Å². The SMILES string of the molecule is N#CC1CCCCC1n1nc(Nc2ccc3c(c2)CN(C2CCC(C(=O)O)CC2)S3(=O)=O)c2c(=O)[nH]ccc21. The molecule has 0 saturated heterocycles. The zero-order valence-electron chi connectivity index (χ0n) is 21.3. The molecular weight excluding hydrogens is 520 g/mol. The predicted octanol–water partition coefficient (Wildman–Crippen LogP) is 3.87. The minimum Gasteiger partial charge on any atom is -0.481 e. The number of sulfonamides is 1. The van der Waals surface area contributed by atoms with Gasteiger partial charge in [0.1, 0.15) is 5.39 Å². The first-order chi connectivity index (χ1) is 18.8. The molecule has 2 aromatic heterocycles. The van der Waals surface area contributed by atoms with Crippen molar-refractivity contribution in [2.24, 2.45) is 11.8 Å². The second kappa shape index (κ2) is 9.81. The third kappa shape index (κ3) is 4.39. The number of aliphatic carboxylic acids is 1. The van der Waals surface area contributed by atoms with Crippen molar-refractivity contribution in [2.45, 2.75) is 74.9 Å². The highest BCUT2D eigenvalue weighted by Gasteiger charge is 2.41. The largest absolute Gasteiger partial charge is 0.481 e. The zero-order chi connectivity index (χ0) is 27.3. The number of aromatic nitrogens is 3. The van der Waals surface area contributed by atoms with E-state index >= 15 is 0 Å². The highest BCUT2D eigenvalue weighted by molar-refractivity contribution is 7.89. The lowest BCUT2D eigenvalue weighted by atomic mass is 9.85. The molecule has 0 radical (unpaired) electrons. The summed E-state index contributed by atoms with van der Waals surface area (Å²) in [6, 6.07) is 8.87. The maximum Gasteiger partial charge on any atom is 0.306 e. The Kier molecular flexibility index (Phi) is 6.43. The average Bonchev–Trinajstić information content (AvgIpc) is 3.43. The van der Waals surface area contributed by atoms with Crippen molar-refractivity contribution < 1.29 is 18.3 Å². The van der Waals surface area contributed by atoms with E-state index in [9.17, 15) is 28.4 Å². The molecule has 39 heavy (non-hydrogen) atoms. The van der Waals surface area contributed by atoms with E-state index in [0.717, 1.165) is 25.7 Å². The van der Waals surface area contributed by atoms with Crippen molar-refractivity contribution >= 4 is 38.4 Å². The molecule has 1 aliphatic heterocycles. The molecule has 2 saturated carbocycles. The maximum atomic E-state index is 13.3. The smallest absolute Gasteiger partial charge is 0.306 e. The van der Waals surface area contributed by atoms with Gasteiger partial charge in [0.2, 0.25) is 10.0 Å². The van der Waals surface area contributed by atoms with Crippen molar-refractivity contribution in [1.29, 1.82) is 5.26 Å². The van der Waals surface area contributed by atoms with Crippen molar-refractivity contribution in [1.82, 2.24) is 19.1 Å². The van der Waals surface area contributed by atoms with Gasteiger partial charge >= 0.3 is 5.97 Å². The Bertz CT molecular complexity index is 1650. The van der Waals surface area contributed by atoms with Crippen LogP contribution in [0.15, 0.2) is 40.2 Å². The number of pyridine rings is 1. The molecule has 0 amide bonds. The van der Waals surface area contributed by atoms with Gasteiger partial charge in [0, 0.05) is 24.5 Å². The summed E-state index contributed by atoms with van der Waals surface area (Å²) in [6.07, 6.45) is 7.14. The first kappa shape index (κ1) is 25.6. The van der Waals surface area contributed by atoms with E-state index in [0.29, 0.717) is 53.7 Å². The normalized spacial score (nSPS) is 26.6. The Morgan fingerprint density at radius 3 is 2.64 bits per heavy atom. The Morgan fingerprint density at radius 2 is 1.90 bits per heavy atom. The molecular formula is C27H30N6O5S. The van der Waals surface area contributed by atoms with E-state index in [1.54, 1.807) is 35.1 Å². The van der Waals surface area contributed by atoms with E-state index in [2.05, 4.69) is 16.4 Å². The van der Waals surface area contributed by atoms with Gasteiger partial charge in [-0.15, -0.1) is 0 Å². The molecule has 11 nitrogen and oxygen atoms in total. The number of carboxylic acids is 1. The number of carbonyl (C=O) groups is 1. The summed E-state index contributed by atoms with van der Waals surface area (Å²) in [4.78, 5) is 27.1. The fourth-order valence-electron chi connectivity index (χ4n) is 6.48. The molecule has 2 unspecified atom stereocenters. The molecule has 6 rings (SSSR count). The summed E-state index contributed by atoms with van der Waals surface area (Å²) in [5.74, 6) is -1.06. The summed E-state index contributed by atoms with van der Waals surface area (Å²) in [5, 5.41) is 27.4. The number of anilines is 2. The molecule has 204 valence electrons. The van der Waals surface area contributed by atoms with E-state index in [1.165, 1.54) is 4.31 Å². The van der Waals surface area contributed by atoms with E-state index in [-0.39, 0.29) is 35.0 Å². The van der Waals surface area contributed by atoms with Gasteiger partial charge in [-0.05, 0) is 68.4 Å². The summed E-state index contributed by atoms with van der Waals surface area (Å²) in [6.45, 7) is 0.220. The van der Waals surface area contributed by atoms with Gasteiger partial charge in [-0.25, -0.2) is 8.42 Å². The van der Waals surface area contributed by atoms with Crippen LogP contribution in [0, 0.1) is 23.2 Å². The zero-order valence-corrected chi connectivity index (χ0v) is 22.2. The summed E-state index contributed by atoms with van der Waals surface area (Å²) < 4.78 is 30.0. The van der Waals surface area contributed by atoms with E-state index in [1.807, 2.05) is 0 Å². The van der Waals surface area contributed by atoms with Crippen molar-refractivity contribution in [3.05, 3.63) is 46.4 Å². The molecule has 3 heterocycles. The van der Waals surface area contributed by atoms with Crippen molar-refractivity contribution in [2.75, 3.05) is 5.32 Å². The number of fused-ring (bicyclic) bond motifs is 2. The third-order valence-corrected chi connectivity index (χ3v) is 10.5. The van der Waals surface area contributed by atoms with Crippen LogP contribution in [0.3, 0.4) is 0 Å². The molecule has 1 aromatic carbocycles. The van der Waals surface area contributed by atoms with E-state index in [4.69, 9.17) is 5.10 Å². The number of nitrogens with one attached hydrogen (secondary N) is 2. The Balaban J connectivity index is 1.30. The number of nitrogens with zero attached hydrogens (tertiary/aromatic N) is 4. The van der Waals surface area contributed by atoms with Gasteiger partial charge in [0.15, 0.2) is 5.82 Å². The standard InChI is InChI=1S/C27H30N6O5S/c28-14-17-3-1-2-4-21(17)33-22-11-12-29-26(34)24(22)25(31-33)30-19-7-10-23-18(13-19)15-32(39(23,37)38)20-8-5-16(6-9-20)27(35)36/h7,10-13,16-17,20-21H,1-6,8-9,15H2,(H,29,34)(H,30,31)(H,35,36). The number of benzene rings is 1. The number of nitriles is 1. The fraction of sp³-hybridized carbons (Fsp3) is 0.481. The molecule has 0 spiro atoms. The van der Waals surface area contributed by atoms with Crippen LogP contribution in [-0.4, -0.2) is 44.6 Å². The lowest BCUT2D eigenvalue weighted by molar-refractivity contribution is -0.143. The predicted molar refractivity (Wildman–Crippen MR) is 143 cm³/mol. The van der Waals surface area contributed by atoms with Crippen LogP contribution >= 0.6 is 0 Å². The highest BCUT2D eigenvalue weighted by atomic mass is 32.2. The van der Waals surface area contributed by atoms with E-state index < -0.39 is 21.9 Å². The minimum absolute atomic E-state index is 0.126. The molecule has 3 aromatic rings. The second-order valence-electron chi connectivity index (χ2n) is 10.8. The van der Waals surface area contributed by atoms with Gasteiger partial charge in [0.25, 0.3) is 5.56 Å². The van der Waals surface area contributed by atoms with Crippen LogP contribution in [0.25, 0.3) is 10.9 Å². The molecule has 3 N–H and O–H groups in total. The third-order valence-electron chi connectivity index (χ3n) is 8.53. The summed E-state index contributed by atoms with van der Waals surface area (Å²) >= 11 is 0. The lowest BCUT2D eigenvalue weighted by Gasteiger charge is -2.32. The first-order valence-electron chi connectivity index (χ1n) is 13.4.